The van der Waals surface area contributed by atoms with E-state index in [-0.39, 0.29) is 0 Å². The topological polar surface area (TPSA) is 9.23 Å². The summed E-state index contributed by atoms with van der Waals surface area (Å²) in [6.07, 6.45) is 6.43. The molecule has 0 atom stereocenters. The first-order chi connectivity index (χ1) is 11.2. The molecule has 0 fully saturated rings. The number of benzene rings is 2. The van der Waals surface area contributed by atoms with Crippen LogP contribution < -0.4 is 4.74 Å². The van der Waals surface area contributed by atoms with Gasteiger partial charge < -0.3 is 4.74 Å². The van der Waals surface area contributed by atoms with Gasteiger partial charge in [-0.05, 0) is 47.9 Å². The molecule has 0 aliphatic rings. The average molecular weight is 310 g/mol. The maximum atomic E-state index is 6.59. The zero-order valence-electron chi connectivity index (χ0n) is 15.1. The van der Waals surface area contributed by atoms with Gasteiger partial charge in [-0.2, -0.15) is 0 Å². The number of aryl methyl sites for hydroxylation is 4. The van der Waals surface area contributed by atoms with Crippen molar-refractivity contribution in [2.24, 2.45) is 0 Å². The van der Waals surface area contributed by atoms with Crippen LogP contribution in [0.2, 0.25) is 0 Å². The Hall–Kier alpha value is -1.76. The lowest BCUT2D eigenvalue weighted by molar-refractivity contribution is 0.458. The molecule has 1 nitrogen and oxygen atoms in total. The van der Waals surface area contributed by atoms with Crippen molar-refractivity contribution in [3.8, 4) is 11.5 Å². The molecule has 2 rings (SSSR count). The third-order valence-electron chi connectivity index (χ3n) is 4.36. The van der Waals surface area contributed by atoms with Crippen LogP contribution in [0.5, 0.6) is 11.5 Å². The molecule has 0 heterocycles. The van der Waals surface area contributed by atoms with E-state index in [0.717, 1.165) is 50.0 Å². The van der Waals surface area contributed by atoms with E-state index < -0.39 is 0 Å². The lowest BCUT2D eigenvalue weighted by atomic mass is 10.0. The van der Waals surface area contributed by atoms with E-state index >= 15 is 0 Å². The van der Waals surface area contributed by atoms with E-state index in [0.29, 0.717) is 0 Å². The van der Waals surface area contributed by atoms with E-state index in [9.17, 15) is 0 Å². The smallest absolute Gasteiger partial charge is 0.133 e. The van der Waals surface area contributed by atoms with Gasteiger partial charge in [-0.15, -0.1) is 0 Å². The van der Waals surface area contributed by atoms with E-state index in [1.54, 1.807) is 0 Å². The standard InChI is InChI=1S/C22H30O/c1-5-11-19-15-9-13-17(7-3)21(19)23-22-18(8-4)14-10-16-20(22)12-6-2/h9-10,13-16H,5-8,11-12H2,1-4H3. The summed E-state index contributed by atoms with van der Waals surface area (Å²) in [5.41, 5.74) is 5.29. The van der Waals surface area contributed by atoms with Crippen LogP contribution in [0.25, 0.3) is 0 Å². The lowest BCUT2D eigenvalue weighted by Crippen LogP contribution is -2.01. The molecule has 0 spiro atoms. The molecule has 23 heavy (non-hydrogen) atoms. The Morgan fingerprint density at radius 2 is 1.00 bits per heavy atom. The van der Waals surface area contributed by atoms with E-state index in [4.69, 9.17) is 4.74 Å². The molecule has 2 aromatic carbocycles. The van der Waals surface area contributed by atoms with Crippen LogP contribution in [0.3, 0.4) is 0 Å². The van der Waals surface area contributed by atoms with Gasteiger partial charge in [0, 0.05) is 0 Å². The lowest BCUT2D eigenvalue weighted by Gasteiger charge is -2.19. The largest absolute Gasteiger partial charge is 0.456 e. The Morgan fingerprint density at radius 3 is 1.35 bits per heavy atom. The van der Waals surface area contributed by atoms with Gasteiger partial charge in [0.15, 0.2) is 0 Å². The molecular formula is C22H30O. The van der Waals surface area contributed by atoms with Crippen LogP contribution in [0.1, 0.15) is 62.8 Å². The summed E-state index contributed by atoms with van der Waals surface area (Å²) in [6, 6.07) is 13.1. The maximum Gasteiger partial charge on any atom is 0.133 e. The van der Waals surface area contributed by atoms with Gasteiger partial charge in [0.25, 0.3) is 0 Å². The predicted octanol–water partition coefficient (Wildman–Crippen LogP) is 6.51. The third kappa shape index (κ3) is 4.16. The van der Waals surface area contributed by atoms with Crippen molar-refractivity contribution in [3.05, 3.63) is 58.7 Å². The summed E-state index contributed by atoms with van der Waals surface area (Å²) in [5, 5.41) is 0. The van der Waals surface area contributed by atoms with Crippen LogP contribution in [0.4, 0.5) is 0 Å². The second-order valence-corrected chi connectivity index (χ2v) is 6.12. The van der Waals surface area contributed by atoms with Crippen molar-refractivity contribution >= 4 is 0 Å². The van der Waals surface area contributed by atoms with E-state index in [2.05, 4.69) is 64.1 Å². The minimum absolute atomic E-state index is 1.00. The molecule has 0 aromatic heterocycles. The molecule has 124 valence electrons. The summed E-state index contributed by atoms with van der Waals surface area (Å²) in [7, 11) is 0. The van der Waals surface area contributed by atoms with Crippen molar-refractivity contribution in [2.75, 3.05) is 0 Å². The quantitative estimate of drug-likeness (QED) is 0.540. The van der Waals surface area contributed by atoms with Gasteiger partial charge in [0.1, 0.15) is 11.5 Å². The van der Waals surface area contributed by atoms with Gasteiger partial charge in [-0.1, -0.05) is 76.9 Å². The van der Waals surface area contributed by atoms with E-state index in [1.165, 1.54) is 22.3 Å². The fourth-order valence-electron chi connectivity index (χ4n) is 3.13. The molecule has 2 aromatic rings. The fourth-order valence-corrected chi connectivity index (χ4v) is 3.13. The fraction of sp³-hybridized carbons (Fsp3) is 0.455. The van der Waals surface area contributed by atoms with Crippen LogP contribution in [0, 0.1) is 0 Å². The Labute approximate surface area is 141 Å². The van der Waals surface area contributed by atoms with Crippen LogP contribution in [-0.2, 0) is 25.7 Å². The highest BCUT2D eigenvalue weighted by molar-refractivity contribution is 5.49. The zero-order valence-corrected chi connectivity index (χ0v) is 15.1. The zero-order chi connectivity index (χ0) is 16.7. The molecular weight excluding hydrogens is 280 g/mol. The van der Waals surface area contributed by atoms with Crippen LogP contribution >= 0.6 is 0 Å². The molecule has 0 unspecified atom stereocenters. The normalized spacial score (nSPS) is 10.8. The monoisotopic (exact) mass is 310 g/mol. The second-order valence-electron chi connectivity index (χ2n) is 6.12. The van der Waals surface area contributed by atoms with Crippen molar-refractivity contribution in [1.29, 1.82) is 0 Å². The highest BCUT2D eigenvalue weighted by atomic mass is 16.5. The number of hydrogen-bond donors (Lipinski definition) is 0. The number of hydrogen-bond acceptors (Lipinski definition) is 1. The first-order valence-electron chi connectivity index (χ1n) is 9.14. The molecule has 0 saturated carbocycles. The van der Waals surface area contributed by atoms with Gasteiger partial charge >= 0.3 is 0 Å². The molecule has 0 aliphatic heterocycles. The number of para-hydroxylation sites is 2. The summed E-state index contributed by atoms with van der Waals surface area (Å²) in [6.45, 7) is 8.86. The van der Waals surface area contributed by atoms with E-state index in [1.807, 2.05) is 0 Å². The molecule has 0 saturated heterocycles. The third-order valence-corrected chi connectivity index (χ3v) is 4.36. The maximum absolute atomic E-state index is 6.59. The minimum Gasteiger partial charge on any atom is -0.456 e. The number of rotatable bonds is 8. The van der Waals surface area contributed by atoms with Crippen molar-refractivity contribution in [1.82, 2.24) is 0 Å². The summed E-state index contributed by atoms with van der Waals surface area (Å²) in [4.78, 5) is 0. The highest BCUT2D eigenvalue weighted by Gasteiger charge is 2.14. The highest BCUT2D eigenvalue weighted by Crippen LogP contribution is 2.35. The van der Waals surface area contributed by atoms with Gasteiger partial charge in [-0.25, -0.2) is 0 Å². The molecule has 0 bridgehead atoms. The Bertz CT molecular complexity index is 572. The van der Waals surface area contributed by atoms with Gasteiger partial charge in [0.05, 0.1) is 0 Å². The summed E-state index contributed by atoms with van der Waals surface area (Å²) in [5.74, 6) is 2.19. The van der Waals surface area contributed by atoms with Crippen molar-refractivity contribution < 1.29 is 4.74 Å². The molecule has 1 heteroatoms. The van der Waals surface area contributed by atoms with Crippen LogP contribution in [0.15, 0.2) is 36.4 Å². The molecule has 0 amide bonds. The van der Waals surface area contributed by atoms with Crippen molar-refractivity contribution in [3.63, 3.8) is 0 Å². The van der Waals surface area contributed by atoms with Gasteiger partial charge in [-0.3, -0.25) is 0 Å². The second kappa shape index (κ2) is 8.76. The molecule has 0 radical (unpaired) electrons. The van der Waals surface area contributed by atoms with Gasteiger partial charge in [0.2, 0.25) is 0 Å². The Morgan fingerprint density at radius 1 is 0.609 bits per heavy atom. The SMILES string of the molecule is CCCc1cccc(CC)c1Oc1c(CC)cccc1CCC. The first-order valence-corrected chi connectivity index (χ1v) is 9.14. The summed E-state index contributed by atoms with van der Waals surface area (Å²) >= 11 is 0. The molecule has 0 aliphatic carbocycles. The Balaban J connectivity index is 2.50. The predicted molar refractivity (Wildman–Crippen MR) is 99.7 cm³/mol. The summed E-state index contributed by atoms with van der Waals surface area (Å²) < 4.78 is 6.59. The first kappa shape index (κ1) is 17.6. The number of ether oxygens (including phenoxy) is 1. The molecule has 0 N–H and O–H groups in total. The Kier molecular flexibility index (Phi) is 6.70. The minimum atomic E-state index is 1.00. The van der Waals surface area contributed by atoms with Crippen molar-refractivity contribution in [2.45, 2.75) is 66.2 Å². The average Bonchev–Trinajstić information content (AvgIpc) is 2.58. The van der Waals surface area contributed by atoms with Crippen LogP contribution in [-0.4, -0.2) is 0 Å².